The fourth-order valence-electron chi connectivity index (χ4n) is 9.29. The number of benzene rings is 6. The first-order valence-electron chi connectivity index (χ1n) is 27.1. The predicted octanol–water partition coefficient (Wildman–Crippen LogP) is 6.20. The fourth-order valence-corrected chi connectivity index (χ4v) is 9.29. The van der Waals surface area contributed by atoms with E-state index >= 15 is 0 Å². The van der Waals surface area contributed by atoms with E-state index < -0.39 is 74.5 Å². The van der Waals surface area contributed by atoms with Crippen LogP contribution in [0.1, 0.15) is 71.0 Å². The lowest BCUT2D eigenvalue weighted by Gasteiger charge is -2.43. The number of hydrogen-bond acceptors (Lipinski definition) is 16. The Balaban J connectivity index is 0.000000197. The largest absolute Gasteiger partial charge is 0.486 e. The van der Waals surface area contributed by atoms with Crippen molar-refractivity contribution in [2.75, 3.05) is 54.0 Å². The number of nitrogens with one attached hydrogen (secondary N) is 1. The second-order valence-corrected chi connectivity index (χ2v) is 20.4. The standard InChI is InChI=1S/2C23H31NO6.C17H21NO/c2*1-15-8-10-17(11-9-15)29-18(16-6-4-3-5-7-16)12-13-24(2)23-22(28)21(27)20(26)19(14-25)30-23;1-14-8-10-16(11-9-14)19-17(12-13-18-2)15-6-4-3-5-7-15/h2*3-11,18-23,25-28H,12-14H2,1-2H3;3-11,17-18H,12-13H2,1-2H3. The van der Waals surface area contributed by atoms with Crippen molar-refractivity contribution in [3.8, 4) is 17.2 Å². The highest BCUT2D eigenvalue weighted by Crippen LogP contribution is 2.31. The maximum absolute atomic E-state index is 10.3. The summed E-state index contributed by atoms with van der Waals surface area (Å²) < 4.78 is 29.9. The number of aliphatic hydroxyl groups excluding tert-OH is 8. The molecule has 13 atom stereocenters. The van der Waals surface area contributed by atoms with Crippen LogP contribution in [0.2, 0.25) is 0 Å². The van der Waals surface area contributed by atoms with Gasteiger partial charge in [0.05, 0.1) is 13.2 Å². The molecule has 0 saturated carbocycles. The quantitative estimate of drug-likeness (QED) is 0.0369. The van der Waals surface area contributed by atoms with E-state index in [0.717, 1.165) is 52.5 Å². The third-order valence-electron chi connectivity index (χ3n) is 14.2. The highest BCUT2D eigenvalue weighted by Gasteiger charge is 2.46. The van der Waals surface area contributed by atoms with Crippen molar-refractivity contribution < 1.29 is 64.5 Å². The summed E-state index contributed by atoms with van der Waals surface area (Å²) in [5.74, 6) is 2.46. The van der Waals surface area contributed by atoms with E-state index in [1.807, 2.05) is 148 Å². The zero-order chi connectivity index (χ0) is 56.8. The number of rotatable bonds is 22. The Labute approximate surface area is 466 Å². The zero-order valence-corrected chi connectivity index (χ0v) is 46.3. The Morgan fingerprint density at radius 3 is 0.987 bits per heavy atom. The Hall–Kier alpha value is -5.80. The Morgan fingerprint density at radius 2 is 0.709 bits per heavy atom. The summed E-state index contributed by atoms with van der Waals surface area (Å²) in [4.78, 5) is 3.52. The van der Waals surface area contributed by atoms with E-state index in [2.05, 4.69) is 48.6 Å². The number of nitrogens with zero attached hydrogens (tertiary/aromatic N) is 2. The van der Waals surface area contributed by atoms with Crippen molar-refractivity contribution in [1.29, 1.82) is 0 Å². The van der Waals surface area contributed by atoms with Gasteiger partial charge in [-0.1, -0.05) is 144 Å². The lowest BCUT2D eigenvalue weighted by Crippen LogP contribution is -2.62. The van der Waals surface area contributed by atoms with Gasteiger partial charge in [0.1, 0.15) is 96.8 Å². The molecule has 2 fully saturated rings. The minimum atomic E-state index is -1.39. The first-order chi connectivity index (χ1) is 38.1. The summed E-state index contributed by atoms with van der Waals surface area (Å²) in [7, 11) is 5.50. The molecule has 0 spiro atoms. The fraction of sp³-hybridized carbons (Fsp3) is 0.429. The average molecular weight is 1090 g/mol. The highest BCUT2D eigenvalue weighted by molar-refractivity contribution is 5.31. The number of aliphatic hydroxyl groups is 8. The van der Waals surface area contributed by atoms with Crippen molar-refractivity contribution >= 4 is 0 Å². The molecule has 6 aromatic rings. The number of ether oxygens (including phenoxy) is 5. The van der Waals surface area contributed by atoms with Crippen LogP contribution in [0.4, 0.5) is 0 Å². The molecule has 0 aromatic heterocycles. The maximum atomic E-state index is 10.3. The van der Waals surface area contributed by atoms with Gasteiger partial charge in [-0.05, 0) is 102 Å². The molecule has 0 bridgehead atoms. The second kappa shape index (κ2) is 31.8. The normalized spacial score (nSPS) is 24.0. The van der Waals surface area contributed by atoms with Gasteiger partial charge in [0.25, 0.3) is 0 Å². The second-order valence-electron chi connectivity index (χ2n) is 20.4. The van der Waals surface area contributed by atoms with Crippen molar-refractivity contribution in [3.63, 3.8) is 0 Å². The Kier molecular flexibility index (Phi) is 25.2. The van der Waals surface area contributed by atoms with Crippen molar-refractivity contribution in [3.05, 3.63) is 197 Å². The molecule has 8 rings (SSSR count). The zero-order valence-electron chi connectivity index (χ0n) is 46.3. The van der Waals surface area contributed by atoms with E-state index in [9.17, 15) is 40.9 Å². The molecule has 2 saturated heterocycles. The van der Waals surface area contributed by atoms with Crippen LogP contribution >= 0.6 is 0 Å². The highest BCUT2D eigenvalue weighted by atomic mass is 16.6. The van der Waals surface area contributed by atoms with E-state index in [-0.39, 0.29) is 18.3 Å². The first kappa shape index (κ1) is 62.4. The lowest BCUT2D eigenvalue weighted by atomic mass is 9.97. The van der Waals surface area contributed by atoms with Gasteiger partial charge in [-0.3, -0.25) is 9.80 Å². The van der Waals surface area contributed by atoms with Crippen molar-refractivity contribution in [2.24, 2.45) is 0 Å². The van der Waals surface area contributed by atoms with Gasteiger partial charge in [-0.2, -0.15) is 0 Å². The molecule has 16 nitrogen and oxygen atoms in total. The summed E-state index contributed by atoms with van der Waals surface area (Å²) in [6.45, 7) is 7.16. The van der Waals surface area contributed by atoms with Crippen LogP contribution in [0.3, 0.4) is 0 Å². The molecule has 0 aliphatic carbocycles. The van der Waals surface area contributed by atoms with E-state index in [1.165, 1.54) is 11.1 Å². The first-order valence-corrected chi connectivity index (χ1v) is 27.1. The van der Waals surface area contributed by atoms with Gasteiger partial charge in [-0.15, -0.1) is 0 Å². The average Bonchev–Trinajstić information content (AvgIpc) is 3.48. The van der Waals surface area contributed by atoms with Crippen LogP contribution in [-0.4, -0.2) is 166 Å². The Morgan fingerprint density at radius 1 is 0.418 bits per heavy atom. The van der Waals surface area contributed by atoms with Gasteiger partial charge < -0.3 is 69.9 Å². The van der Waals surface area contributed by atoms with Gasteiger partial charge in [0.15, 0.2) is 0 Å². The van der Waals surface area contributed by atoms with Crippen LogP contribution in [-0.2, 0) is 9.47 Å². The molecule has 2 aliphatic rings. The Bertz CT molecular complexity index is 2450. The summed E-state index contributed by atoms with van der Waals surface area (Å²) in [6, 6.07) is 54.1. The van der Waals surface area contributed by atoms with Crippen LogP contribution in [0.15, 0.2) is 164 Å². The number of hydrogen-bond donors (Lipinski definition) is 9. The molecule has 9 N–H and O–H groups in total. The third-order valence-corrected chi connectivity index (χ3v) is 14.2. The molecular weight excluding hydrogens is 1010 g/mol. The summed E-state index contributed by atoms with van der Waals surface area (Å²) in [6.07, 6.45) is -9.84. The lowest BCUT2D eigenvalue weighted by molar-refractivity contribution is -0.262. The van der Waals surface area contributed by atoms with Gasteiger partial charge in [0.2, 0.25) is 0 Å². The molecule has 2 heterocycles. The van der Waals surface area contributed by atoms with E-state index in [0.29, 0.717) is 25.9 Å². The van der Waals surface area contributed by atoms with E-state index in [4.69, 9.17) is 23.7 Å². The molecule has 0 radical (unpaired) electrons. The van der Waals surface area contributed by atoms with Crippen molar-refractivity contribution in [2.45, 2.75) is 120 Å². The van der Waals surface area contributed by atoms with Gasteiger partial charge >= 0.3 is 0 Å². The van der Waals surface area contributed by atoms with Crippen LogP contribution in [0.5, 0.6) is 17.2 Å². The van der Waals surface area contributed by atoms with E-state index in [1.54, 1.807) is 23.9 Å². The molecule has 0 amide bonds. The predicted molar refractivity (Wildman–Crippen MR) is 304 cm³/mol. The minimum absolute atomic E-state index is 0.0938. The molecule has 6 aromatic carbocycles. The maximum Gasteiger partial charge on any atom is 0.139 e. The number of likely N-dealkylation sites (N-methyl/N-ethyl adjacent to an activating group) is 2. The monoisotopic (exact) mass is 1090 g/mol. The molecular formula is C63H83N3O13. The van der Waals surface area contributed by atoms with Gasteiger partial charge in [0, 0.05) is 32.4 Å². The summed E-state index contributed by atoms with van der Waals surface area (Å²) in [5, 5.41) is 82.7. The molecule has 428 valence electrons. The molecule has 79 heavy (non-hydrogen) atoms. The molecule has 13 unspecified atom stereocenters. The van der Waals surface area contributed by atoms with Crippen LogP contribution < -0.4 is 19.5 Å². The third kappa shape index (κ3) is 18.6. The summed E-state index contributed by atoms with van der Waals surface area (Å²) >= 11 is 0. The van der Waals surface area contributed by atoms with Crippen molar-refractivity contribution in [1.82, 2.24) is 15.1 Å². The molecule has 16 heteroatoms. The summed E-state index contributed by atoms with van der Waals surface area (Å²) in [5.41, 5.74) is 6.83. The topological polar surface area (TPSA) is 226 Å². The van der Waals surface area contributed by atoms with Gasteiger partial charge in [-0.25, -0.2) is 0 Å². The molecule has 2 aliphatic heterocycles. The smallest absolute Gasteiger partial charge is 0.139 e. The van der Waals surface area contributed by atoms with Crippen LogP contribution in [0.25, 0.3) is 0 Å². The number of aryl methyl sites for hydroxylation is 3. The SMILES string of the molecule is CNCCC(Oc1ccc(C)cc1)c1ccccc1.Cc1ccc(OC(CCN(C)C2OC(CO)C(O)C(O)C2O)c2ccccc2)cc1.Cc1ccc(OC(CCN(C)C2OC(CO)C(O)C(O)C2O)c2ccccc2)cc1. The minimum Gasteiger partial charge on any atom is -0.486 e. The van der Waals surface area contributed by atoms with Crippen LogP contribution in [0, 0.1) is 20.8 Å².